The van der Waals surface area contributed by atoms with Gasteiger partial charge in [0.25, 0.3) is 0 Å². The first-order chi connectivity index (χ1) is 9.38. The summed E-state index contributed by atoms with van der Waals surface area (Å²) in [6.07, 6.45) is 6.65. The van der Waals surface area contributed by atoms with E-state index in [0.29, 0.717) is 0 Å². The van der Waals surface area contributed by atoms with Crippen molar-refractivity contribution in [1.82, 2.24) is 9.97 Å². The summed E-state index contributed by atoms with van der Waals surface area (Å²) in [5, 5.41) is 2.09. The fourth-order valence-corrected chi connectivity index (χ4v) is 3.70. The second-order valence-corrected chi connectivity index (χ2v) is 6.11. The quantitative estimate of drug-likeness (QED) is 0.932. The minimum atomic E-state index is 0.821. The molecular formula is C14H20N4S. The topological polar surface area (TPSA) is 55.0 Å². The molecule has 1 saturated heterocycles. The predicted octanol–water partition coefficient (Wildman–Crippen LogP) is 2.65. The van der Waals surface area contributed by atoms with E-state index in [0.717, 1.165) is 43.3 Å². The lowest BCUT2D eigenvalue weighted by Crippen LogP contribution is -2.34. The van der Waals surface area contributed by atoms with E-state index in [-0.39, 0.29) is 0 Å². The van der Waals surface area contributed by atoms with Crippen LogP contribution in [0.1, 0.15) is 25.7 Å². The number of piperidine rings is 1. The highest BCUT2D eigenvalue weighted by molar-refractivity contribution is 7.17. The van der Waals surface area contributed by atoms with Crippen LogP contribution in [0.5, 0.6) is 0 Å². The monoisotopic (exact) mass is 276 g/mol. The molecule has 0 atom stereocenters. The predicted molar refractivity (Wildman–Crippen MR) is 80.6 cm³/mol. The summed E-state index contributed by atoms with van der Waals surface area (Å²) < 4.78 is 1.22. The number of rotatable bonds is 4. The highest BCUT2D eigenvalue weighted by Gasteiger charge is 2.21. The molecule has 2 N–H and O–H groups in total. The minimum Gasteiger partial charge on any atom is -0.355 e. The number of aromatic nitrogens is 2. The van der Waals surface area contributed by atoms with Gasteiger partial charge in [0.2, 0.25) is 0 Å². The summed E-state index contributed by atoms with van der Waals surface area (Å²) in [5.74, 6) is 1.97. The van der Waals surface area contributed by atoms with Crippen LogP contribution in [-0.2, 0) is 0 Å². The van der Waals surface area contributed by atoms with Gasteiger partial charge in [-0.05, 0) is 49.6 Å². The van der Waals surface area contributed by atoms with E-state index >= 15 is 0 Å². The van der Waals surface area contributed by atoms with Gasteiger partial charge >= 0.3 is 0 Å². The second kappa shape index (κ2) is 5.84. The summed E-state index contributed by atoms with van der Waals surface area (Å²) in [6.45, 7) is 3.04. The van der Waals surface area contributed by atoms with E-state index in [1.54, 1.807) is 17.7 Å². The summed E-state index contributed by atoms with van der Waals surface area (Å²) >= 11 is 1.74. The van der Waals surface area contributed by atoms with Crippen molar-refractivity contribution in [3.05, 3.63) is 17.8 Å². The van der Waals surface area contributed by atoms with Crippen LogP contribution in [0.4, 0.5) is 5.82 Å². The second-order valence-electron chi connectivity index (χ2n) is 5.19. The first kappa shape index (κ1) is 12.8. The number of fused-ring (bicyclic) bond motifs is 1. The normalized spacial score (nSPS) is 17.2. The number of hydrogen-bond acceptors (Lipinski definition) is 5. The molecule has 0 bridgehead atoms. The summed E-state index contributed by atoms with van der Waals surface area (Å²) in [6, 6.07) is 2.07. The molecule has 0 aromatic carbocycles. The standard InChI is InChI=1S/C14H20N4S/c15-6-1-2-11-3-7-18(8-4-11)14-13-12(5-9-19-13)16-10-17-14/h5,9-11H,1-4,6-8,15H2. The van der Waals surface area contributed by atoms with Gasteiger partial charge in [0.15, 0.2) is 0 Å². The van der Waals surface area contributed by atoms with Gasteiger partial charge in [-0.3, -0.25) is 0 Å². The van der Waals surface area contributed by atoms with Crippen molar-refractivity contribution >= 4 is 27.4 Å². The molecule has 0 saturated carbocycles. The molecule has 5 heteroatoms. The van der Waals surface area contributed by atoms with Crippen molar-refractivity contribution in [2.24, 2.45) is 11.7 Å². The molecule has 0 aliphatic carbocycles. The Morgan fingerprint density at radius 3 is 2.95 bits per heavy atom. The molecule has 2 aromatic heterocycles. The van der Waals surface area contributed by atoms with Crippen molar-refractivity contribution < 1.29 is 0 Å². The van der Waals surface area contributed by atoms with Gasteiger partial charge in [0.05, 0.1) is 10.2 Å². The molecule has 102 valence electrons. The van der Waals surface area contributed by atoms with E-state index in [1.807, 2.05) is 0 Å². The van der Waals surface area contributed by atoms with Crippen molar-refractivity contribution in [3.8, 4) is 0 Å². The van der Waals surface area contributed by atoms with Gasteiger partial charge in [0, 0.05) is 13.1 Å². The molecule has 4 nitrogen and oxygen atoms in total. The van der Waals surface area contributed by atoms with Crippen molar-refractivity contribution in [2.45, 2.75) is 25.7 Å². The van der Waals surface area contributed by atoms with Crippen molar-refractivity contribution in [1.29, 1.82) is 0 Å². The van der Waals surface area contributed by atoms with Crippen LogP contribution < -0.4 is 10.6 Å². The van der Waals surface area contributed by atoms with Gasteiger partial charge in [-0.25, -0.2) is 9.97 Å². The van der Waals surface area contributed by atoms with Crippen LogP contribution in [0.25, 0.3) is 10.2 Å². The van der Waals surface area contributed by atoms with Crippen LogP contribution in [0, 0.1) is 5.92 Å². The Morgan fingerprint density at radius 2 is 2.16 bits per heavy atom. The fourth-order valence-electron chi connectivity index (χ4n) is 2.84. The van der Waals surface area contributed by atoms with E-state index < -0.39 is 0 Å². The number of nitrogens with two attached hydrogens (primary N) is 1. The third-order valence-electron chi connectivity index (χ3n) is 3.95. The molecule has 1 aliphatic rings. The number of hydrogen-bond donors (Lipinski definition) is 1. The number of anilines is 1. The van der Waals surface area contributed by atoms with Gasteiger partial charge in [-0.2, -0.15) is 0 Å². The van der Waals surface area contributed by atoms with E-state index in [1.165, 1.54) is 24.0 Å². The maximum atomic E-state index is 5.59. The van der Waals surface area contributed by atoms with Crippen LogP contribution in [0.15, 0.2) is 17.8 Å². The zero-order valence-electron chi connectivity index (χ0n) is 11.1. The average molecular weight is 276 g/mol. The largest absolute Gasteiger partial charge is 0.355 e. The van der Waals surface area contributed by atoms with Gasteiger partial charge in [0.1, 0.15) is 12.1 Å². The van der Waals surface area contributed by atoms with E-state index in [2.05, 4.69) is 26.3 Å². The highest BCUT2D eigenvalue weighted by Crippen LogP contribution is 2.31. The molecule has 0 amide bonds. The Balaban J connectivity index is 1.69. The summed E-state index contributed by atoms with van der Waals surface area (Å²) in [4.78, 5) is 11.2. The molecule has 1 fully saturated rings. The maximum absolute atomic E-state index is 5.59. The minimum absolute atomic E-state index is 0.821. The molecule has 3 heterocycles. The Morgan fingerprint density at radius 1 is 1.32 bits per heavy atom. The van der Waals surface area contributed by atoms with Crippen LogP contribution in [0.3, 0.4) is 0 Å². The highest BCUT2D eigenvalue weighted by atomic mass is 32.1. The zero-order chi connectivity index (χ0) is 13.1. The Labute approximate surface area is 117 Å². The van der Waals surface area contributed by atoms with Crippen LogP contribution >= 0.6 is 11.3 Å². The van der Waals surface area contributed by atoms with Crippen LogP contribution in [0.2, 0.25) is 0 Å². The number of thiophene rings is 1. The third kappa shape index (κ3) is 2.72. The molecule has 0 unspecified atom stereocenters. The van der Waals surface area contributed by atoms with E-state index in [4.69, 9.17) is 5.73 Å². The van der Waals surface area contributed by atoms with Gasteiger partial charge < -0.3 is 10.6 Å². The Kier molecular flexibility index (Phi) is 3.94. The molecular weight excluding hydrogens is 256 g/mol. The summed E-state index contributed by atoms with van der Waals surface area (Å²) in [5.41, 5.74) is 6.66. The molecule has 0 radical (unpaired) electrons. The Hall–Kier alpha value is -1.20. The third-order valence-corrected chi connectivity index (χ3v) is 4.85. The number of nitrogens with zero attached hydrogens (tertiary/aromatic N) is 3. The average Bonchev–Trinajstić information content (AvgIpc) is 2.94. The summed E-state index contributed by atoms with van der Waals surface area (Å²) in [7, 11) is 0. The fraction of sp³-hybridized carbons (Fsp3) is 0.571. The lowest BCUT2D eigenvalue weighted by Gasteiger charge is -2.32. The molecule has 3 rings (SSSR count). The van der Waals surface area contributed by atoms with Crippen molar-refractivity contribution in [2.75, 3.05) is 24.5 Å². The lowest BCUT2D eigenvalue weighted by molar-refractivity contribution is 0.374. The first-order valence-electron chi connectivity index (χ1n) is 7.01. The smallest absolute Gasteiger partial charge is 0.150 e. The Bertz CT molecular complexity index is 531. The zero-order valence-corrected chi connectivity index (χ0v) is 11.9. The first-order valence-corrected chi connectivity index (χ1v) is 7.89. The molecule has 0 spiro atoms. The SMILES string of the molecule is NCCCC1CCN(c2ncnc3ccsc23)CC1. The lowest BCUT2D eigenvalue weighted by atomic mass is 9.92. The van der Waals surface area contributed by atoms with E-state index in [9.17, 15) is 0 Å². The van der Waals surface area contributed by atoms with Gasteiger partial charge in [-0.15, -0.1) is 11.3 Å². The maximum Gasteiger partial charge on any atom is 0.150 e. The van der Waals surface area contributed by atoms with Crippen LogP contribution in [-0.4, -0.2) is 29.6 Å². The molecule has 19 heavy (non-hydrogen) atoms. The van der Waals surface area contributed by atoms with Gasteiger partial charge in [-0.1, -0.05) is 0 Å². The molecule has 2 aromatic rings. The van der Waals surface area contributed by atoms with Crippen molar-refractivity contribution in [3.63, 3.8) is 0 Å². The molecule has 1 aliphatic heterocycles.